The van der Waals surface area contributed by atoms with Crippen LogP contribution < -0.4 is 64.2 Å². The third-order valence-corrected chi connectivity index (χ3v) is 22.1. The number of hydrogen-bond donors (Lipinski definition) is 16. The van der Waals surface area contributed by atoms with Crippen LogP contribution in [-0.2, 0) is 107 Å². The van der Waals surface area contributed by atoms with Crippen molar-refractivity contribution in [2.24, 2.45) is 5.73 Å². The van der Waals surface area contributed by atoms with Crippen molar-refractivity contribution >= 4 is 116 Å². The number of phenols is 1. The van der Waals surface area contributed by atoms with Gasteiger partial charge in [0.25, 0.3) is 0 Å². The number of aliphatic carboxylic acids is 1. The van der Waals surface area contributed by atoms with E-state index >= 15 is 28.0 Å². The SMILES string of the molecule is COCCOCCOCCOCCC(=O)NCCCC[C@@H]1NC(=O)CCSCc2cccc(c2)CSC[C@@H](C(N)=O)NC(=O)[C@]2(C)CCCN2C(=O)[C@H](Cc2ccc(O)cc2)NC(=O)[C@H](CC2CNCN2)NC(=O)[C@H](CC(=O)O)NC(=O)[C@H](Cc2c[nH]c3ccc(F)cc23)NC(=O)[C@H](Cc2c[nH]c3ccc(F)cc23)NC(=O)CNC1=O. The maximum atomic E-state index is 15.3. The lowest BCUT2D eigenvalue weighted by atomic mass is 9.95. The van der Waals surface area contributed by atoms with E-state index in [1.807, 2.05) is 24.3 Å². The van der Waals surface area contributed by atoms with Crippen molar-refractivity contribution in [2.75, 3.05) is 97.7 Å². The van der Waals surface area contributed by atoms with Gasteiger partial charge in [0.1, 0.15) is 65.2 Å². The summed E-state index contributed by atoms with van der Waals surface area (Å²) in [6.07, 6.45) is 1.61. The van der Waals surface area contributed by atoms with Gasteiger partial charge >= 0.3 is 5.97 Å². The summed E-state index contributed by atoms with van der Waals surface area (Å²) in [4.78, 5) is 179. The number of aromatic hydroxyl groups is 1. The zero-order valence-electron chi connectivity index (χ0n) is 64.7. The third-order valence-electron chi connectivity index (χ3n) is 20.0. The molecule has 0 saturated carbocycles. The molecule has 2 aromatic heterocycles. The van der Waals surface area contributed by atoms with E-state index in [2.05, 4.69) is 68.5 Å². The van der Waals surface area contributed by atoms with E-state index in [0.717, 1.165) is 17.2 Å². The molecule has 2 fully saturated rings. The zero-order valence-corrected chi connectivity index (χ0v) is 66.3. The molecule has 0 spiro atoms. The second kappa shape index (κ2) is 45.3. The number of aromatic amines is 2. The summed E-state index contributed by atoms with van der Waals surface area (Å²) in [5, 5.41) is 51.6. The fourth-order valence-electron chi connectivity index (χ4n) is 13.7. The van der Waals surface area contributed by atoms with E-state index in [1.54, 1.807) is 7.11 Å². The number of benzene rings is 4. The number of fused-ring (bicyclic) bond motifs is 5. The molecule has 11 amide bonds. The van der Waals surface area contributed by atoms with Gasteiger partial charge in [-0.15, -0.1) is 0 Å². The summed E-state index contributed by atoms with van der Waals surface area (Å²) < 4.78 is 51.4. The number of nitrogens with two attached hydrogens (primary N) is 1. The Labute approximate surface area is 677 Å². The summed E-state index contributed by atoms with van der Waals surface area (Å²) in [5.41, 5.74) is 7.89. The second-order valence-corrected chi connectivity index (χ2v) is 30.8. The number of H-pyrrole nitrogens is 2. The van der Waals surface area contributed by atoms with Gasteiger partial charge in [0.15, 0.2) is 0 Å². The van der Waals surface area contributed by atoms with Crippen molar-refractivity contribution < 1.29 is 95.5 Å². The molecule has 0 radical (unpaired) electrons. The summed E-state index contributed by atoms with van der Waals surface area (Å²) in [6, 6.07) is 9.38. The summed E-state index contributed by atoms with van der Waals surface area (Å²) in [7, 11) is 1.58. The van der Waals surface area contributed by atoms with Gasteiger partial charge in [-0.3, -0.25) is 57.5 Å². The largest absolute Gasteiger partial charge is 0.508 e. The Morgan fingerprint density at radius 3 is 1.86 bits per heavy atom. The van der Waals surface area contributed by atoms with Gasteiger partial charge in [-0.2, -0.15) is 23.5 Å². The number of thioether (sulfide) groups is 2. The first-order chi connectivity index (χ1) is 55.8. The van der Waals surface area contributed by atoms with Crippen LogP contribution >= 0.6 is 23.5 Å². The first kappa shape index (κ1) is 89.6. The number of hydrogen-bond acceptors (Lipinski definition) is 21. The van der Waals surface area contributed by atoms with Crippen molar-refractivity contribution in [1.82, 2.24) is 73.4 Å². The van der Waals surface area contributed by atoms with Crippen molar-refractivity contribution in [3.8, 4) is 5.75 Å². The molecule has 37 heteroatoms. The van der Waals surface area contributed by atoms with Crippen LogP contribution in [0.2, 0.25) is 0 Å². The average molecular weight is 1650 g/mol. The van der Waals surface area contributed by atoms with Gasteiger partial charge < -0.3 is 108 Å². The Morgan fingerprint density at radius 2 is 1.23 bits per heavy atom. The number of primary amides is 1. The number of nitrogens with zero attached hydrogens (tertiary/aromatic N) is 1. The molecule has 6 aromatic rings. The fraction of sp³-hybridized carbons (Fsp3) is 0.494. The molecule has 0 aliphatic carbocycles. The van der Waals surface area contributed by atoms with Crippen molar-refractivity contribution in [1.29, 1.82) is 0 Å². The number of rotatable bonds is 28. The number of carbonyl (C=O) groups is 12. The van der Waals surface area contributed by atoms with Crippen molar-refractivity contribution in [3.05, 3.63) is 137 Å². The number of phenolic OH excluding ortho intramolecular Hbond substituents is 1. The topological polar surface area (TPSA) is 475 Å². The molecule has 9 rings (SSSR count). The molecule has 116 heavy (non-hydrogen) atoms. The Balaban J connectivity index is 0.998. The van der Waals surface area contributed by atoms with Gasteiger partial charge in [-0.1, -0.05) is 36.4 Å². The highest BCUT2D eigenvalue weighted by atomic mass is 32.2. The standard InChI is InChI=1S/C79H103F2N15O18S2/c1-79-20-6-22-96(79)77(109)65(32-47-10-14-55(97)15-11-47)94-75(107)63(37-54-41-83-46-88-54)92-76(108)64(38-70(101)102)93-74(106)62(34-51-40-86-59-17-13-53(81)36-57(51)59)91-73(105)61(33-50-39-85-58-16-12-52(80)35-56(50)58)90-69(100)42-87-72(104)60(9-3-4-21-84-67(98)18-23-112-26-27-114-29-28-113-25-24-111-2)89-68(99)19-30-115-43-48-7-5-8-49(31-48)44-116-45-66(71(82)103)95-78(79)110/h5,7-8,10-17,31,35-36,39-40,54,60-66,83,85-86,88,97H,3-4,6,9,18-30,32-34,37-38,41-46H2,1-2H3,(H2,82,103)(H,84,98)(H,87,104)(H,89,99)(H,90,100)(H,91,105)(H,92,108)(H,93,106)(H,94,107)(H,95,110)(H,101,102)/t54?,60-,61-,62-,63-,64-,65-,66-,79-/m0/s1. The Bertz CT molecular complexity index is 4380. The minimum atomic E-state index is -2.04. The van der Waals surface area contributed by atoms with Crippen molar-refractivity contribution in [3.63, 3.8) is 0 Å². The quantitative estimate of drug-likeness (QED) is 0.0308. The van der Waals surface area contributed by atoms with Gasteiger partial charge in [0, 0.05) is 129 Å². The number of methoxy groups -OCH3 is 1. The van der Waals surface area contributed by atoms with Crippen LogP contribution in [0.15, 0.2) is 97.3 Å². The van der Waals surface area contributed by atoms with Crippen LogP contribution in [0.3, 0.4) is 0 Å². The first-order valence-electron chi connectivity index (χ1n) is 38.5. The molecule has 3 aliphatic rings. The fourth-order valence-corrected chi connectivity index (χ4v) is 15.6. The minimum absolute atomic E-state index is 0.0185. The molecule has 4 aromatic carbocycles. The zero-order chi connectivity index (χ0) is 83.1. The predicted octanol–water partition coefficient (Wildman–Crippen LogP) is 1.36. The smallest absolute Gasteiger partial charge is 0.305 e. The molecule has 9 atom stereocenters. The van der Waals surface area contributed by atoms with Crippen LogP contribution in [0.1, 0.15) is 92.5 Å². The lowest BCUT2D eigenvalue weighted by Gasteiger charge is -2.37. The number of unbranched alkanes of at least 4 members (excludes halogenated alkanes) is 1. The Kier molecular flexibility index (Phi) is 35.0. The summed E-state index contributed by atoms with van der Waals surface area (Å²) >= 11 is 2.76. The van der Waals surface area contributed by atoms with E-state index in [4.69, 9.17) is 24.7 Å². The second-order valence-electron chi connectivity index (χ2n) is 28.7. The predicted molar refractivity (Wildman–Crippen MR) is 427 cm³/mol. The number of carbonyl (C=O) groups excluding carboxylic acids is 11. The number of carboxylic acids is 1. The Hall–Kier alpha value is -10.3. The summed E-state index contributed by atoms with van der Waals surface area (Å²) in [6.45, 7) is 3.87. The van der Waals surface area contributed by atoms with Crippen LogP contribution in [0.5, 0.6) is 5.75 Å². The number of amides is 11. The average Bonchev–Trinajstić information content (AvgIpc) is 1.59. The van der Waals surface area contributed by atoms with E-state index in [9.17, 15) is 48.6 Å². The van der Waals surface area contributed by atoms with Crippen LogP contribution in [0, 0.1) is 11.6 Å². The number of halogens is 2. The van der Waals surface area contributed by atoms with Gasteiger partial charge in [0.05, 0.1) is 59.2 Å². The Morgan fingerprint density at radius 1 is 0.647 bits per heavy atom. The van der Waals surface area contributed by atoms with E-state index in [1.165, 1.54) is 102 Å². The van der Waals surface area contributed by atoms with Crippen LogP contribution in [0.25, 0.3) is 21.8 Å². The number of nitrogens with one attached hydrogen (secondary N) is 13. The highest BCUT2D eigenvalue weighted by Crippen LogP contribution is 2.32. The number of aromatic nitrogens is 2. The third kappa shape index (κ3) is 27.7. The molecular weight excluding hydrogens is 1550 g/mol. The molecule has 3 aliphatic heterocycles. The molecule has 1 unspecified atom stereocenters. The van der Waals surface area contributed by atoms with Crippen LogP contribution in [0.4, 0.5) is 8.78 Å². The minimum Gasteiger partial charge on any atom is -0.508 e. The maximum absolute atomic E-state index is 15.3. The molecular formula is C79H103F2N15O18S2. The molecule has 17 N–H and O–H groups in total. The first-order valence-corrected chi connectivity index (χ1v) is 40.8. The maximum Gasteiger partial charge on any atom is 0.305 e. The van der Waals surface area contributed by atoms with Gasteiger partial charge in [0.2, 0.25) is 65.0 Å². The van der Waals surface area contributed by atoms with E-state index < -0.39 is 156 Å². The van der Waals surface area contributed by atoms with Crippen LogP contribution in [-0.4, -0.2) is 248 Å². The highest BCUT2D eigenvalue weighted by molar-refractivity contribution is 7.98. The number of ether oxygens (including phenoxy) is 4. The van der Waals surface area contributed by atoms with Crippen molar-refractivity contribution in [2.45, 2.75) is 149 Å². The molecule has 33 nitrogen and oxygen atoms in total. The molecule has 5 heterocycles. The lowest BCUT2D eigenvalue weighted by molar-refractivity contribution is -0.147. The van der Waals surface area contributed by atoms with E-state index in [0.29, 0.717) is 97.1 Å². The number of carboxylic acid groups (broad SMARTS) is 1. The molecule has 628 valence electrons. The molecule has 2 bridgehead atoms. The monoisotopic (exact) mass is 1650 g/mol. The van der Waals surface area contributed by atoms with Gasteiger partial charge in [-0.05, 0) is 122 Å². The highest BCUT2D eigenvalue weighted by Gasteiger charge is 2.49. The normalized spacial score (nSPS) is 22.6. The summed E-state index contributed by atoms with van der Waals surface area (Å²) in [5.74, 6) is -11.2. The molecule has 2 saturated heterocycles. The van der Waals surface area contributed by atoms with Gasteiger partial charge in [-0.25, -0.2) is 8.78 Å². The lowest BCUT2D eigenvalue weighted by Crippen LogP contribution is -2.63. The van der Waals surface area contributed by atoms with E-state index in [-0.39, 0.29) is 106 Å².